The number of esters is 1. The van der Waals surface area contributed by atoms with E-state index in [2.05, 4.69) is 5.32 Å². The molecule has 1 aliphatic rings. The lowest BCUT2D eigenvalue weighted by Crippen LogP contribution is -2.31. The molecule has 0 unspecified atom stereocenters. The van der Waals surface area contributed by atoms with Crippen molar-refractivity contribution in [2.45, 2.75) is 13.0 Å². The number of halogens is 1. The molecule has 0 aromatic heterocycles. The van der Waals surface area contributed by atoms with Crippen molar-refractivity contribution in [2.24, 2.45) is 5.92 Å². The molecule has 1 heterocycles. The Hall–Kier alpha value is -3.42. The number of para-hydroxylation sites is 2. The van der Waals surface area contributed by atoms with Crippen LogP contribution in [-0.2, 0) is 25.7 Å². The van der Waals surface area contributed by atoms with E-state index in [1.54, 1.807) is 36.4 Å². The van der Waals surface area contributed by atoms with Gasteiger partial charge < -0.3 is 19.7 Å². The molecule has 0 saturated carbocycles. The first kappa shape index (κ1) is 20.3. The smallest absolute Gasteiger partial charge is 0.311 e. The van der Waals surface area contributed by atoms with Crippen molar-refractivity contribution in [1.82, 2.24) is 5.32 Å². The summed E-state index contributed by atoms with van der Waals surface area (Å²) < 4.78 is 23.2. The summed E-state index contributed by atoms with van der Waals surface area (Å²) in [6, 6.07) is 12.8. The summed E-state index contributed by atoms with van der Waals surface area (Å²) in [4.78, 5) is 38.0. The summed E-state index contributed by atoms with van der Waals surface area (Å²) in [5, 5.41) is 2.59. The summed E-state index contributed by atoms with van der Waals surface area (Å²) in [7, 11) is 1.51. The molecule has 0 radical (unpaired) electrons. The predicted molar refractivity (Wildman–Crippen MR) is 103 cm³/mol. The van der Waals surface area contributed by atoms with Crippen LogP contribution >= 0.6 is 0 Å². The zero-order valence-electron chi connectivity index (χ0n) is 15.9. The van der Waals surface area contributed by atoms with Crippen LogP contribution in [0.2, 0.25) is 0 Å². The average Bonchev–Trinajstić information content (AvgIpc) is 3.13. The molecule has 2 aromatic rings. The van der Waals surface area contributed by atoms with Gasteiger partial charge in [0, 0.05) is 19.5 Å². The maximum absolute atomic E-state index is 12.9. The van der Waals surface area contributed by atoms with Crippen LogP contribution in [0.15, 0.2) is 48.5 Å². The molecule has 0 bridgehead atoms. The Balaban J connectivity index is 1.49. The van der Waals surface area contributed by atoms with E-state index in [0.29, 0.717) is 11.4 Å². The van der Waals surface area contributed by atoms with Crippen LogP contribution in [0, 0.1) is 11.7 Å². The Kier molecular flexibility index (Phi) is 6.43. The molecule has 0 spiro atoms. The van der Waals surface area contributed by atoms with Gasteiger partial charge in [-0.25, -0.2) is 4.39 Å². The average molecular weight is 400 g/mol. The molecule has 1 aliphatic heterocycles. The van der Waals surface area contributed by atoms with Gasteiger partial charge in [-0.1, -0.05) is 24.3 Å². The van der Waals surface area contributed by atoms with E-state index >= 15 is 0 Å². The monoisotopic (exact) mass is 400 g/mol. The predicted octanol–water partition coefficient (Wildman–Crippen LogP) is 2.05. The summed E-state index contributed by atoms with van der Waals surface area (Å²) >= 11 is 0. The van der Waals surface area contributed by atoms with E-state index in [0.717, 1.165) is 5.56 Å². The van der Waals surface area contributed by atoms with Crippen molar-refractivity contribution in [3.8, 4) is 5.75 Å². The van der Waals surface area contributed by atoms with E-state index in [9.17, 15) is 18.8 Å². The van der Waals surface area contributed by atoms with E-state index < -0.39 is 24.4 Å². The maximum Gasteiger partial charge on any atom is 0.311 e. The molecule has 152 valence electrons. The van der Waals surface area contributed by atoms with Crippen molar-refractivity contribution in [2.75, 3.05) is 25.2 Å². The van der Waals surface area contributed by atoms with E-state index in [4.69, 9.17) is 9.47 Å². The summed E-state index contributed by atoms with van der Waals surface area (Å²) in [6.45, 7) is -0.0885. The molecule has 1 saturated heterocycles. The molecule has 2 aromatic carbocycles. The highest BCUT2D eigenvalue weighted by Crippen LogP contribution is 2.33. The van der Waals surface area contributed by atoms with Crippen LogP contribution in [0.25, 0.3) is 0 Å². The van der Waals surface area contributed by atoms with Gasteiger partial charge in [-0.15, -0.1) is 0 Å². The van der Waals surface area contributed by atoms with E-state index in [-0.39, 0.29) is 31.2 Å². The van der Waals surface area contributed by atoms with E-state index in [1.807, 2.05) is 0 Å². The largest absolute Gasteiger partial charge is 0.495 e. The fraction of sp³-hybridized carbons (Fsp3) is 0.286. The van der Waals surface area contributed by atoms with Crippen LogP contribution in [0.4, 0.5) is 10.1 Å². The highest BCUT2D eigenvalue weighted by atomic mass is 19.1. The van der Waals surface area contributed by atoms with Crippen molar-refractivity contribution in [1.29, 1.82) is 0 Å². The second kappa shape index (κ2) is 9.18. The van der Waals surface area contributed by atoms with Crippen LogP contribution in [0.3, 0.4) is 0 Å². The molecule has 2 amide bonds. The van der Waals surface area contributed by atoms with Gasteiger partial charge in [0.1, 0.15) is 11.6 Å². The number of rotatable bonds is 7. The summed E-state index contributed by atoms with van der Waals surface area (Å²) in [5.74, 6) is -1.77. The van der Waals surface area contributed by atoms with Crippen LogP contribution in [0.5, 0.6) is 5.75 Å². The van der Waals surface area contributed by atoms with Gasteiger partial charge in [-0.2, -0.15) is 0 Å². The summed E-state index contributed by atoms with van der Waals surface area (Å²) in [6.07, 6.45) is 0.00802. The third kappa shape index (κ3) is 5.10. The van der Waals surface area contributed by atoms with Crippen molar-refractivity contribution < 1.29 is 28.2 Å². The summed E-state index contributed by atoms with van der Waals surface area (Å²) in [5.41, 5.74) is 1.31. The van der Waals surface area contributed by atoms with Crippen molar-refractivity contribution >= 4 is 23.5 Å². The molecule has 7 nitrogen and oxygen atoms in total. The third-order valence-corrected chi connectivity index (χ3v) is 4.58. The van der Waals surface area contributed by atoms with Crippen molar-refractivity contribution in [3.63, 3.8) is 0 Å². The molecule has 1 N–H and O–H groups in total. The van der Waals surface area contributed by atoms with Crippen LogP contribution in [-0.4, -0.2) is 38.0 Å². The fourth-order valence-electron chi connectivity index (χ4n) is 3.06. The Labute approximate surface area is 167 Å². The lowest BCUT2D eigenvalue weighted by Gasteiger charge is -2.19. The molecule has 0 aliphatic carbocycles. The molecule has 3 rings (SSSR count). The normalized spacial score (nSPS) is 15.9. The number of nitrogens with one attached hydrogen (secondary N) is 1. The first-order valence-corrected chi connectivity index (χ1v) is 9.09. The number of methoxy groups -OCH3 is 1. The van der Waals surface area contributed by atoms with Gasteiger partial charge in [0.2, 0.25) is 5.91 Å². The highest BCUT2D eigenvalue weighted by molar-refractivity contribution is 6.00. The number of hydrogen-bond donors (Lipinski definition) is 1. The number of amides is 2. The minimum Gasteiger partial charge on any atom is -0.495 e. The minimum atomic E-state index is -0.655. The number of nitrogens with zero attached hydrogens (tertiary/aromatic N) is 1. The first-order chi connectivity index (χ1) is 14.0. The molecular formula is C21H21FN2O5. The standard InChI is InChI=1S/C21H21FN2O5/c1-28-18-5-3-2-4-17(18)24-12-15(10-20(24)26)21(27)29-13-19(25)23-11-14-6-8-16(22)9-7-14/h2-9,15H,10-13H2,1H3,(H,23,25)/t15-/m1/s1. The van der Waals surface area contributed by atoms with Gasteiger partial charge in [-0.05, 0) is 29.8 Å². The van der Waals surface area contributed by atoms with Gasteiger partial charge in [-0.3, -0.25) is 14.4 Å². The topological polar surface area (TPSA) is 84.9 Å². The SMILES string of the molecule is COc1ccccc1N1C[C@H](C(=O)OCC(=O)NCc2ccc(F)cc2)CC1=O. The lowest BCUT2D eigenvalue weighted by atomic mass is 10.1. The highest BCUT2D eigenvalue weighted by Gasteiger charge is 2.37. The van der Waals surface area contributed by atoms with Crippen molar-refractivity contribution in [3.05, 3.63) is 59.9 Å². The third-order valence-electron chi connectivity index (χ3n) is 4.58. The second-order valence-corrected chi connectivity index (χ2v) is 6.59. The number of carbonyl (C=O) groups is 3. The lowest BCUT2D eigenvalue weighted by molar-refractivity contribution is -0.152. The van der Waals surface area contributed by atoms with Gasteiger partial charge >= 0.3 is 5.97 Å². The maximum atomic E-state index is 12.9. The molecular weight excluding hydrogens is 379 g/mol. The quantitative estimate of drug-likeness (QED) is 0.719. The number of anilines is 1. The number of benzene rings is 2. The Morgan fingerprint density at radius 2 is 1.90 bits per heavy atom. The second-order valence-electron chi connectivity index (χ2n) is 6.59. The number of carbonyl (C=O) groups excluding carboxylic acids is 3. The van der Waals surface area contributed by atoms with Crippen LogP contribution in [0.1, 0.15) is 12.0 Å². The zero-order chi connectivity index (χ0) is 20.8. The number of ether oxygens (including phenoxy) is 2. The van der Waals surface area contributed by atoms with Gasteiger partial charge in [0.05, 0.1) is 18.7 Å². The molecule has 29 heavy (non-hydrogen) atoms. The van der Waals surface area contributed by atoms with Gasteiger partial charge in [0.25, 0.3) is 5.91 Å². The Morgan fingerprint density at radius 1 is 1.17 bits per heavy atom. The van der Waals surface area contributed by atoms with E-state index in [1.165, 1.54) is 24.1 Å². The Morgan fingerprint density at radius 3 is 2.62 bits per heavy atom. The molecule has 8 heteroatoms. The number of hydrogen-bond acceptors (Lipinski definition) is 5. The zero-order valence-corrected chi connectivity index (χ0v) is 15.9. The minimum absolute atomic E-state index is 0.00802. The Bertz CT molecular complexity index is 900. The van der Waals surface area contributed by atoms with Crippen LogP contribution < -0.4 is 15.0 Å². The fourth-order valence-corrected chi connectivity index (χ4v) is 3.06. The van der Waals surface area contributed by atoms with Gasteiger partial charge in [0.15, 0.2) is 6.61 Å². The molecule has 1 fully saturated rings. The molecule has 1 atom stereocenters. The first-order valence-electron chi connectivity index (χ1n) is 9.09.